The first-order valence-corrected chi connectivity index (χ1v) is 13.8. The fourth-order valence-electron chi connectivity index (χ4n) is 3.98. The predicted molar refractivity (Wildman–Crippen MR) is 144 cm³/mol. The fourth-order valence-corrected chi connectivity index (χ4v) is 3.98. The van der Waals surface area contributed by atoms with Gasteiger partial charge in [0.2, 0.25) is 0 Å². The van der Waals surface area contributed by atoms with Gasteiger partial charge in [-0.05, 0) is 49.6 Å². The number of hydrogen-bond acceptors (Lipinski definition) is 4. The summed E-state index contributed by atoms with van der Waals surface area (Å²) in [7, 11) is 0. The lowest BCUT2D eigenvalue weighted by Gasteiger charge is -2.14. The van der Waals surface area contributed by atoms with Crippen LogP contribution in [0, 0.1) is 0 Å². The Bertz CT molecular complexity index is 815. The lowest BCUT2D eigenvalue weighted by Crippen LogP contribution is -2.10. The van der Waals surface area contributed by atoms with Gasteiger partial charge in [-0.3, -0.25) is 0 Å². The molecule has 4 heteroatoms. The minimum Gasteiger partial charge on any atom is -0.490 e. The highest BCUT2D eigenvalue weighted by Gasteiger charge is 2.13. The number of rotatable bonds is 19. The first-order valence-electron chi connectivity index (χ1n) is 13.8. The molecule has 0 bridgehead atoms. The van der Waals surface area contributed by atoms with Gasteiger partial charge in [0, 0.05) is 6.61 Å². The van der Waals surface area contributed by atoms with Crippen molar-refractivity contribution in [1.82, 2.24) is 0 Å². The van der Waals surface area contributed by atoms with Crippen molar-refractivity contribution in [1.29, 1.82) is 0 Å². The maximum absolute atomic E-state index is 12.7. The highest BCUT2D eigenvalue weighted by atomic mass is 16.6. The molecule has 35 heavy (non-hydrogen) atoms. The Kier molecular flexibility index (Phi) is 14.9. The van der Waals surface area contributed by atoms with Crippen LogP contribution in [-0.2, 0) is 4.74 Å². The third-order valence-electron chi connectivity index (χ3n) is 6.29. The summed E-state index contributed by atoms with van der Waals surface area (Å²) in [6.45, 7) is 7.82. The lowest BCUT2D eigenvalue weighted by atomic mass is 10.1. The second-order valence-corrected chi connectivity index (χ2v) is 9.36. The van der Waals surface area contributed by atoms with Crippen molar-refractivity contribution < 1.29 is 19.0 Å². The molecular formula is C31H46O4. The lowest BCUT2D eigenvalue weighted by molar-refractivity contribution is 0.0635. The zero-order valence-corrected chi connectivity index (χ0v) is 22.2. The molecule has 0 fully saturated rings. The third-order valence-corrected chi connectivity index (χ3v) is 6.29. The van der Waals surface area contributed by atoms with Crippen LogP contribution in [0.1, 0.15) is 120 Å². The molecular weight excluding hydrogens is 436 g/mol. The van der Waals surface area contributed by atoms with Crippen LogP contribution in [0.25, 0.3) is 0 Å². The molecule has 2 aromatic carbocycles. The Labute approximate surface area is 213 Å². The summed E-state index contributed by atoms with van der Waals surface area (Å²) in [4.78, 5) is 12.7. The number of esters is 1. The van der Waals surface area contributed by atoms with E-state index in [9.17, 15) is 4.79 Å². The summed E-state index contributed by atoms with van der Waals surface area (Å²) < 4.78 is 17.5. The highest BCUT2D eigenvalue weighted by molar-refractivity contribution is 5.91. The molecule has 1 unspecified atom stereocenters. The van der Waals surface area contributed by atoms with Crippen molar-refractivity contribution in [3.63, 3.8) is 0 Å². The van der Waals surface area contributed by atoms with Gasteiger partial charge >= 0.3 is 5.97 Å². The van der Waals surface area contributed by atoms with Gasteiger partial charge in [0.05, 0.1) is 18.3 Å². The van der Waals surface area contributed by atoms with Crippen molar-refractivity contribution >= 4 is 5.97 Å². The largest absolute Gasteiger partial charge is 0.490 e. The predicted octanol–water partition coefficient (Wildman–Crippen LogP) is 9.08. The van der Waals surface area contributed by atoms with Crippen LogP contribution >= 0.6 is 0 Å². The molecule has 0 spiro atoms. The van der Waals surface area contributed by atoms with Gasteiger partial charge in [-0.15, -0.1) is 0 Å². The molecule has 1 atom stereocenters. The average molecular weight is 483 g/mol. The number of carbonyl (C=O) groups is 1. The zero-order valence-electron chi connectivity index (χ0n) is 22.2. The molecule has 0 heterocycles. The van der Waals surface area contributed by atoms with E-state index in [1.54, 1.807) is 18.2 Å². The van der Waals surface area contributed by atoms with Gasteiger partial charge in [0.1, 0.15) is 0 Å². The second kappa shape index (κ2) is 18.0. The zero-order chi connectivity index (χ0) is 25.1. The van der Waals surface area contributed by atoms with Gasteiger partial charge in [0.15, 0.2) is 11.5 Å². The van der Waals surface area contributed by atoms with Crippen molar-refractivity contribution in [2.24, 2.45) is 0 Å². The molecule has 0 aliphatic rings. The van der Waals surface area contributed by atoms with E-state index < -0.39 is 0 Å². The van der Waals surface area contributed by atoms with E-state index >= 15 is 0 Å². The van der Waals surface area contributed by atoms with Crippen LogP contribution in [-0.4, -0.2) is 19.2 Å². The molecule has 194 valence electrons. The van der Waals surface area contributed by atoms with Crippen molar-refractivity contribution in [2.45, 2.75) is 104 Å². The number of ether oxygens (including phenoxy) is 3. The summed E-state index contributed by atoms with van der Waals surface area (Å²) in [6, 6.07) is 14.9. The van der Waals surface area contributed by atoms with Crippen LogP contribution in [0.3, 0.4) is 0 Å². The van der Waals surface area contributed by atoms with Crippen molar-refractivity contribution in [2.75, 3.05) is 13.2 Å². The van der Waals surface area contributed by atoms with Crippen LogP contribution in [0.4, 0.5) is 0 Å². The minimum atomic E-state index is -0.383. The number of hydrogen-bond donors (Lipinski definition) is 0. The van der Waals surface area contributed by atoms with Gasteiger partial charge in [0.25, 0.3) is 0 Å². The Morgan fingerprint density at radius 2 is 1.26 bits per heavy atom. The van der Waals surface area contributed by atoms with Crippen LogP contribution in [0.15, 0.2) is 48.5 Å². The van der Waals surface area contributed by atoms with Gasteiger partial charge < -0.3 is 14.2 Å². The molecule has 0 aromatic heterocycles. The molecule has 0 radical (unpaired) electrons. The van der Waals surface area contributed by atoms with E-state index in [4.69, 9.17) is 14.2 Å². The standard InChI is InChI=1S/C31H46O4/c1-4-6-8-9-10-11-12-13-14-17-25-34-29-18-15-16-19-30(29)35-31(32)28-22-20-27(21-23-28)26(3)33-24-7-5-2/h15-16,18-23,26H,4-14,17,24-25H2,1-3H3. The highest BCUT2D eigenvalue weighted by Crippen LogP contribution is 2.28. The first-order chi connectivity index (χ1) is 17.2. The number of unbranched alkanes of at least 4 members (excludes halogenated alkanes) is 10. The van der Waals surface area contributed by atoms with Gasteiger partial charge in [-0.25, -0.2) is 4.79 Å². The van der Waals surface area contributed by atoms with Crippen molar-refractivity contribution in [3.8, 4) is 11.5 Å². The molecule has 0 saturated heterocycles. The normalized spacial score (nSPS) is 11.9. The molecule has 0 aliphatic carbocycles. The molecule has 0 aliphatic heterocycles. The Balaban J connectivity index is 1.72. The van der Waals surface area contributed by atoms with E-state index in [2.05, 4.69) is 13.8 Å². The van der Waals surface area contributed by atoms with E-state index in [1.807, 2.05) is 37.3 Å². The smallest absolute Gasteiger partial charge is 0.343 e. The molecule has 4 nitrogen and oxygen atoms in total. The third kappa shape index (κ3) is 11.8. The van der Waals surface area contributed by atoms with E-state index in [-0.39, 0.29) is 12.1 Å². The maximum atomic E-state index is 12.7. The monoisotopic (exact) mass is 482 g/mol. The topological polar surface area (TPSA) is 44.8 Å². The maximum Gasteiger partial charge on any atom is 0.343 e. The summed E-state index contributed by atoms with van der Waals surface area (Å²) in [5, 5.41) is 0. The molecule has 2 rings (SSSR count). The van der Waals surface area contributed by atoms with Crippen LogP contribution in [0.5, 0.6) is 11.5 Å². The summed E-state index contributed by atoms with van der Waals surface area (Å²) >= 11 is 0. The quantitative estimate of drug-likeness (QED) is 0.114. The van der Waals surface area contributed by atoms with E-state index in [0.717, 1.165) is 31.4 Å². The molecule has 0 N–H and O–H groups in total. The number of benzene rings is 2. The van der Waals surface area contributed by atoms with Gasteiger partial charge in [-0.1, -0.05) is 102 Å². The first kappa shape index (κ1) is 28.9. The SMILES string of the molecule is CCCCCCCCCCCCOc1ccccc1OC(=O)c1ccc(C(C)OCCCC)cc1. The minimum absolute atomic E-state index is 0.00606. The fraction of sp³-hybridized carbons (Fsp3) is 0.581. The number of carbonyl (C=O) groups excluding carboxylic acids is 1. The van der Waals surface area contributed by atoms with Crippen LogP contribution < -0.4 is 9.47 Å². The summed E-state index contributed by atoms with van der Waals surface area (Å²) in [5.41, 5.74) is 1.57. The average Bonchev–Trinajstić information content (AvgIpc) is 2.88. The van der Waals surface area contributed by atoms with E-state index in [0.29, 0.717) is 23.7 Å². The van der Waals surface area contributed by atoms with E-state index in [1.165, 1.54) is 57.8 Å². The molecule has 0 saturated carbocycles. The second-order valence-electron chi connectivity index (χ2n) is 9.36. The Morgan fingerprint density at radius 1 is 0.686 bits per heavy atom. The summed E-state index contributed by atoms with van der Waals surface area (Å²) in [5.74, 6) is 0.697. The van der Waals surface area contributed by atoms with Gasteiger partial charge in [-0.2, -0.15) is 0 Å². The molecule has 2 aromatic rings. The Hall–Kier alpha value is -2.33. The van der Waals surface area contributed by atoms with Crippen LogP contribution in [0.2, 0.25) is 0 Å². The number of para-hydroxylation sites is 2. The Morgan fingerprint density at radius 3 is 1.89 bits per heavy atom. The summed E-state index contributed by atoms with van der Waals surface area (Å²) in [6.07, 6.45) is 15.1. The van der Waals surface area contributed by atoms with Crippen molar-refractivity contribution in [3.05, 3.63) is 59.7 Å². The molecule has 0 amide bonds.